The summed E-state index contributed by atoms with van der Waals surface area (Å²) in [7, 11) is 0. The highest BCUT2D eigenvalue weighted by atomic mass is 16.5. The summed E-state index contributed by atoms with van der Waals surface area (Å²) in [6.07, 6.45) is 0.880. The molecule has 1 saturated carbocycles. The molecule has 1 N–H and O–H groups in total. The van der Waals surface area contributed by atoms with E-state index in [1.54, 1.807) is 0 Å². The molecule has 1 aliphatic carbocycles. The van der Waals surface area contributed by atoms with Gasteiger partial charge in [-0.2, -0.15) is 0 Å². The Labute approximate surface area is 218 Å². The van der Waals surface area contributed by atoms with Crippen LogP contribution in [0.3, 0.4) is 0 Å². The fourth-order valence-electron chi connectivity index (χ4n) is 5.06. The Balaban J connectivity index is 1.24. The molecule has 194 valence electrons. The van der Waals surface area contributed by atoms with Crippen LogP contribution >= 0.6 is 0 Å². The molecule has 2 atom stereocenters. The maximum Gasteiger partial charge on any atom is 0.309 e. The number of esters is 1. The molecule has 0 radical (unpaired) electrons. The van der Waals surface area contributed by atoms with Gasteiger partial charge in [0.1, 0.15) is 24.7 Å². The van der Waals surface area contributed by atoms with Gasteiger partial charge in [-0.05, 0) is 91.8 Å². The monoisotopic (exact) mass is 501 g/mol. The van der Waals surface area contributed by atoms with Crippen molar-refractivity contribution in [3.05, 3.63) is 76.9 Å². The van der Waals surface area contributed by atoms with Crippen LogP contribution in [0.1, 0.15) is 48.4 Å². The van der Waals surface area contributed by atoms with Crippen LogP contribution in [-0.4, -0.2) is 32.4 Å². The average Bonchev–Trinajstić information content (AvgIpc) is 3.71. The molecule has 0 spiro atoms. The first kappa shape index (κ1) is 25.2. The lowest BCUT2D eigenvalue weighted by Gasteiger charge is -2.24. The molecule has 6 heteroatoms. The first-order valence-corrected chi connectivity index (χ1v) is 13.2. The van der Waals surface area contributed by atoms with Crippen molar-refractivity contribution in [2.75, 3.05) is 31.7 Å². The lowest BCUT2D eigenvalue weighted by atomic mass is 9.91. The lowest BCUT2D eigenvalue weighted by Crippen LogP contribution is -2.10. The first-order valence-electron chi connectivity index (χ1n) is 13.2. The topological polar surface area (TPSA) is 66.0 Å². The maximum absolute atomic E-state index is 11.9. The van der Waals surface area contributed by atoms with Gasteiger partial charge in [0.05, 0.1) is 19.1 Å². The largest absolute Gasteiger partial charge is 0.491 e. The minimum atomic E-state index is -0.0757. The second kappa shape index (κ2) is 11.3. The van der Waals surface area contributed by atoms with Gasteiger partial charge in [-0.1, -0.05) is 18.2 Å². The van der Waals surface area contributed by atoms with Gasteiger partial charge >= 0.3 is 5.97 Å². The van der Waals surface area contributed by atoms with Crippen LogP contribution < -0.4 is 14.8 Å². The summed E-state index contributed by atoms with van der Waals surface area (Å²) in [5.74, 6) is 1.99. The van der Waals surface area contributed by atoms with E-state index in [-0.39, 0.29) is 17.8 Å². The van der Waals surface area contributed by atoms with E-state index in [2.05, 4.69) is 66.8 Å². The van der Waals surface area contributed by atoms with E-state index in [9.17, 15) is 4.79 Å². The number of fused-ring (bicyclic) bond motifs is 3. The fraction of sp³-hybridized carbons (Fsp3) is 0.387. The van der Waals surface area contributed by atoms with Crippen molar-refractivity contribution in [3.63, 3.8) is 0 Å². The van der Waals surface area contributed by atoms with E-state index in [4.69, 9.17) is 18.9 Å². The second-order valence-electron chi connectivity index (χ2n) is 9.62. The van der Waals surface area contributed by atoms with Crippen molar-refractivity contribution in [1.29, 1.82) is 0 Å². The zero-order valence-electron chi connectivity index (χ0n) is 21.8. The van der Waals surface area contributed by atoms with Gasteiger partial charge in [-0.15, -0.1) is 0 Å². The number of nitrogens with one attached hydrogen (secondary N) is 1. The summed E-state index contributed by atoms with van der Waals surface area (Å²) in [5.41, 5.74) is 8.09. The van der Waals surface area contributed by atoms with Gasteiger partial charge in [0.25, 0.3) is 0 Å². The zero-order valence-corrected chi connectivity index (χ0v) is 21.8. The SMILES string of the molecule is CCOCCOc1cc(C)c2c(c1)COc1ccc(CNc3ccc([C@H]4C[C@@H]4C(=O)OCC)cc3)cc1-2. The maximum atomic E-state index is 11.9. The normalized spacial score (nSPS) is 17.3. The highest BCUT2D eigenvalue weighted by molar-refractivity contribution is 5.79. The van der Waals surface area contributed by atoms with Gasteiger partial charge in [-0.3, -0.25) is 4.79 Å². The Morgan fingerprint density at radius 2 is 1.86 bits per heavy atom. The summed E-state index contributed by atoms with van der Waals surface area (Å²) < 4.78 is 22.5. The Hall–Kier alpha value is -3.51. The molecule has 2 aliphatic rings. The molecule has 1 aliphatic heterocycles. The van der Waals surface area contributed by atoms with Crippen LogP contribution in [-0.2, 0) is 27.4 Å². The third-order valence-electron chi connectivity index (χ3n) is 7.00. The van der Waals surface area contributed by atoms with Crippen LogP contribution in [0.25, 0.3) is 11.1 Å². The second-order valence-corrected chi connectivity index (χ2v) is 9.62. The Kier molecular flexibility index (Phi) is 7.65. The van der Waals surface area contributed by atoms with Crippen molar-refractivity contribution >= 4 is 11.7 Å². The number of hydrogen-bond acceptors (Lipinski definition) is 6. The summed E-state index contributed by atoms with van der Waals surface area (Å²) in [6.45, 7) is 9.45. The summed E-state index contributed by atoms with van der Waals surface area (Å²) in [4.78, 5) is 11.9. The third-order valence-corrected chi connectivity index (χ3v) is 7.00. The molecule has 0 aromatic heterocycles. The van der Waals surface area contributed by atoms with Crippen LogP contribution in [0.4, 0.5) is 5.69 Å². The number of hydrogen-bond donors (Lipinski definition) is 1. The van der Waals surface area contributed by atoms with Gasteiger partial charge in [0, 0.05) is 30.0 Å². The number of benzene rings is 3. The molecule has 0 unspecified atom stereocenters. The molecule has 3 aromatic carbocycles. The van der Waals surface area contributed by atoms with E-state index in [1.165, 1.54) is 22.3 Å². The average molecular weight is 502 g/mol. The Bertz CT molecular complexity index is 1250. The van der Waals surface area contributed by atoms with E-state index in [1.807, 2.05) is 13.8 Å². The number of carbonyl (C=O) groups is 1. The Morgan fingerprint density at radius 3 is 2.65 bits per heavy atom. The molecule has 1 fully saturated rings. The lowest BCUT2D eigenvalue weighted by molar-refractivity contribution is -0.144. The van der Waals surface area contributed by atoms with Crippen LogP contribution in [0, 0.1) is 12.8 Å². The number of ether oxygens (including phenoxy) is 4. The third kappa shape index (κ3) is 5.75. The van der Waals surface area contributed by atoms with E-state index in [0.29, 0.717) is 39.6 Å². The summed E-state index contributed by atoms with van der Waals surface area (Å²) >= 11 is 0. The number of anilines is 1. The molecule has 3 aromatic rings. The molecule has 0 saturated heterocycles. The summed E-state index contributed by atoms with van der Waals surface area (Å²) in [5, 5.41) is 3.53. The van der Waals surface area contributed by atoms with Crippen molar-refractivity contribution in [2.24, 2.45) is 5.92 Å². The predicted molar refractivity (Wildman–Crippen MR) is 144 cm³/mol. The van der Waals surface area contributed by atoms with Crippen molar-refractivity contribution < 1.29 is 23.7 Å². The smallest absolute Gasteiger partial charge is 0.309 e. The minimum absolute atomic E-state index is 0.0144. The Morgan fingerprint density at radius 1 is 1.03 bits per heavy atom. The van der Waals surface area contributed by atoms with Crippen LogP contribution in [0.15, 0.2) is 54.6 Å². The molecule has 0 bridgehead atoms. The van der Waals surface area contributed by atoms with Gasteiger partial charge in [-0.25, -0.2) is 0 Å². The van der Waals surface area contributed by atoms with Crippen LogP contribution in [0.5, 0.6) is 11.5 Å². The van der Waals surface area contributed by atoms with Crippen molar-refractivity contribution in [3.8, 4) is 22.6 Å². The number of rotatable bonds is 11. The van der Waals surface area contributed by atoms with Gasteiger partial charge in [0.2, 0.25) is 0 Å². The number of carbonyl (C=O) groups excluding carboxylic acids is 1. The summed E-state index contributed by atoms with van der Waals surface area (Å²) in [6, 6.07) is 19.0. The molecular weight excluding hydrogens is 466 g/mol. The van der Waals surface area contributed by atoms with Crippen molar-refractivity contribution in [1.82, 2.24) is 0 Å². The van der Waals surface area contributed by atoms with Gasteiger partial charge in [0.15, 0.2) is 0 Å². The number of aryl methyl sites for hydroxylation is 1. The highest BCUT2D eigenvalue weighted by Gasteiger charge is 2.45. The first-order chi connectivity index (χ1) is 18.1. The van der Waals surface area contributed by atoms with Crippen LogP contribution in [0.2, 0.25) is 0 Å². The van der Waals surface area contributed by atoms with E-state index in [0.717, 1.165) is 34.7 Å². The quantitative estimate of drug-likeness (QED) is 0.248. The van der Waals surface area contributed by atoms with E-state index < -0.39 is 0 Å². The predicted octanol–water partition coefficient (Wildman–Crippen LogP) is 6.25. The fourth-order valence-corrected chi connectivity index (χ4v) is 5.06. The van der Waals surface area contributed by atoms with E-state index >= 15 is 0 Å². The minimum Gasteiger partial charge on any atom is -0.491 e. The molecule has 6 nitrogen and oxygen atoms in total. The van der Waals surface area contributed by atoms with Crippen molar-refractivity contribution in [2.45, 2.75) is 46.3 Å². The highest BCUT2D eigenvalue weighted by Crippen LogP contribution is 2.48. The molecular formula is C31H35NO5. The van der Waals surface area contributed by atoms with Gasteiger partial charge < -0.3 is 24.3 Å². The standard InChI is InChI=1S/C31H35NO5/c1-4-34-12-13-36-25-14-20(3)30-23(16-25)19-37-29-11-6-21(15-28(29)30)18-32-24-9-7-22(8-10-24)26-17-27(26)31(33)35-5-2/h6-11,14-16,26-27,32H,4-5,12-13,17-19H2,1-3H3/t26-,27+/m1/s1. The molecule has 1 heterocycles. The molecule has 0 amide bonds. The zero-order chi connectivity index (χ0) is 25.8. The molecule has 37 heavy (non-hydrogen) atoms. The molecule has 5 rings (SSSR count).